The molecule has 180 valence electrons. The maximum absolute atomic E-state index is 12.0. The highest BCUT2D eigenvalue weighted by molar-refractivity contribution is 5.86. The van der Waals surface area contributed by atoms with E-state index >= 15 is 0 Å². The second kappa shape index (κ2) is 19.2. The Balaban J connectivity index is 3.81. The van der Waals surface area contributed by atoms with Gasteiger partial charge in [-0.25, -0.2) is 0 Å². The molecule has 0 rings (SSSR count). The Labute approximate surface area is 188 Å². The van der Waals surface area contributed by atoms with E-state index in [4.69, 9.17) is 4.74 Å². The molecular weight excluding hydrogens is 396 g/mol. The first kappa shape index (κ1) is 29.5. The fourth-order valence-corrected chi connectivity index (χ4v) is 3.32. The molecule has 0 aliphatic heterocycles. The average Bonchev–Trinajstić information content (AvgIpc) is 2.73. The second-order valence-corrected chi connectivity index (χ2v) is 8.40. The van der Waals surface area contributed by atoms with Gasteiger partial charge in [0.1, 0.15) is 0 Å². The van der Waals surface area contributed by atoms with E-state index in [0.29, 0.717) is 6.42 Å². The van der Waals surface area contributed by atoms with Gasteiger partial charge in [-0.15, -0.1) is 0 Å². The number of hydrogen-bond donors (Lipinski definition) is 2. The summed E-state index contributed by atoms with van der Waals surface area (Å²) >= 11 is 0. The van der Waals surface area contributed by atoms with Gasteiger partial charge in [0.25, 0.3) is 0 Å². The number of esters is 1. The van der Waals surface area contributed by atoms with Gasteiger partial charge in [0.05, 0.1) is 0 Å². The van der Waals surface area contributed by atoms with Crippen molar-refractivity contribution in [2.75, 3.05) is 0 Å². The number of ketones is 2. The lowest BCUT2D eigenvalue weighted by molar-refractivity contribution is -0.169. The molecule has 0 saturated carbocycles. The van der Waals surface area contributed by atoms with E-state index in [1.54, 1.807) is 0 Å². The highest BCUT2D eigenvalue weighted by Crippen LogP contribution is 2.13. The van der Waals surface area contributed by atoms with Gasteiger partial charge in [-0.05, 0) is 46.0 Å². The number of unbranched alkanes of at least 4 members (excludes halogenated alkanes) is 11. The van der Waals surface area contributed by atoms with E-state index in [1.807, 2.05) is 0 Å². The van der Waals surface area contributed by atoms with Gasteiger partial charge in [0.2, 0.25) is 0 Å². The van der Waals surface area contributed by atoms with Gasteiger partial charge in [0, 0.05) is 6.42 Å². The van der Waals surface area contributed by atoms with Crippen LogP contribution in [0.3, 0.4) is 0 Å². The molecule has 2 N–H and O–H groups in total. The van der Waals surface area contributed by atoms with E-state index in [9.17, 15) is 24.6 Å². The summed E-state index contributed by atoms with van der Waals surface area (Å²) in [6.07, 6.45) is 14.7. The Bertz CT molecular complexity index is 508. The number of Topliss-reactive ketones (excluding diaryl/α,β-unsaturated/α-hetero) is 2. The third-order valence-corrected chi connectivity index (χ3v) is 5.37. The molecule has 0 fully saturated rings. The number of carbonyl (C=O) groups excluding carboxylic acids is 3. The Morgan fingerprint density at radius 3 is 1.58 bits per heavy atom. The number of carbonyl (C=O) groups is 3. The topological polar surface area (TPSA) is 101 Å². The summed E-state index contributed by atoms with van der Waals surface area (Å²) < 4.78 is 5.03. The van der Waals surface area contributed by atoms with Crippen molar-refractivity contribution in [3.05, 3.63) is 12.2 Å². The highest BCUT2D eigenvalue weighted by Gasteiger charge is 2.35. The van der Waals surface area contributed by atoms with E-state index in [0.717, 1.165) is 46.0 Å². The number of aliphatic hydroxyl groups excluding tert-OH is 2. The molecule has 0 bridgehead atoms. The smallest absolute Gasteiger partial charge is 0.306 e. The maximum atomic E-state index is 12.0. The van der Waals surface area contributed by atoms with Crippen LogP contribution in [0.4, 0.5) is 0 Å². The van der Waals surface area contributed by atoms with Crippen LogP contribution < -0.4 is 0 Å². The van der Waals surface area contributed by atoms with Crippen molar-refractivity contribution in [1.29, 1.82) is 0 Å². The zero-order valence-corrected chi connectivity index (χ0v) is 19.8. The molecule has 0 aromatic rings. The van der Waals surface area contributed by atoms with E-state index < -0.39 is 35.8 Å². The predicted octanol–water partition coefficient (Wildman–Crippen LogP) is 4.84. The summed E-state index contributed by atoms with van der Waals surface area (Å²) in [7, 11) is 0. The monoisotopic (exact) mass is 440 g/mol. The SMILES string of the molecule is CCCCCCCC/C=C/CCCCCCCC(=O)OC(C(O)C(C)=O)C(O)C(C)=O. The lowest BCUT2D eigenvalue weighted by Crippen LogP contribution is -2.47. The van der Waals surface area contributed by atoms with Crippen LogP contribution in [-0.2, 0) is 19.1 Å². The normalized spacial score (nSPS) is 14.4. The zero-order chi connectivity index (χ0) is 23.5. The first-order valence-corrected chi connectivity index (χ1v) is 12.0. The first-order valence-electron chi connectivity index (χ1n) is 12.0. The highest BCUT2D eigenvalue weighted by atomic mass is 16.6. The molecule has 0 spiro atoms. The Morgan fingerprint density at radius 2 is 1.13 bits per heavy atom. The van der Waals surface area contributed by atoms with Crippen molar-refractivity contribution >= 4 is 17.5 Å². The summed E-state index contributed by atoms with van der Waals surface area (Å²) in [5.74, 6) is -1.96. The minimum Gasteiger partial charge on any atom is -0.456 e. The molecular formula is C25H44O6. The molecule has 6 nitrogen and oxygen atoms in total. The average molecular weight is 441 g/mol. The number of allylic oxidation sites excluding steroid dienone is 2. The maximum Gasteiger partial charge on any atom is 0.306 e. The lowest BCUT2D eigenvalue weighted by atomic mass is 10.0. The minimum absolute atomic E-state index is 0.129. The standard InChI is InChI=1S/C25H44O6/c1-4-5-6-7-8-9-10-11-12-13-14-15-16-17-18-19-22(28)31-25(23(29)20(2)26)24(30)21(3)27/h11-12,23-25,29-30H,4-10,13-19H2,1-3H3/b12-11+. The van der Waals surface area contributed by atoms with Crippen LogP contribution >= 0.6 is 0 Å². The summed E-state index contributed by atoms with van der Waals surface area (Å²) in [5, 5.41) is 19.6. The van der Waals surface area contributed by atoms with Gasteiger partial charge in [0.15, 0.2) is 29.9 Å². The van der Waals surface area contributed by atoms with Crippen LogP contribution in [0.25, 0.3) is 0 Å². The van der Waals surface area contributed by atoms with Gasteiger partial charge in [-0.2, -0.15) is 0 Å². The minimum atomic E-state index is -1.71. The number of hydrogen-bond acceptors (Lipinski definition) is 6. The largest absolute Gasteiger partial charge is 0.456 e. The molecule has 2 unspecified atom stereocenters. The molecule has 6 heteroatoms. The van der Waals surface area contributed by atoms with Crippen LogP contribution in [0.1, 0.15) is 111 Å². The molecule has 0 aliphatic carbocycles. The summed E-state index contributed by atoms with van der Waals surface area (Å²) in [6, 6.07) is 0. The fraction of sp³-hybridized carbons (Fsp3) is 0.800. The number of rotatable bonds is 20. The van der Waals surface area contributed by atoms with Crippen molar-refractivity contribution in [2.24, 2.45) is 0 Å². The molecule has 0 saturated heterocycles. The third-order valence-electron chi connectivity index (χ3n) is 5.37. The van der Waals surface area contributed by atoms with E-state index in [2.05, 4.69) is 19.1 Å². The molecule has 0 radical (unpaired) electrons. The summed E-state index contributed by atoms with van der Waals surface area (Å²) in [4.78, 5) is 34.6. The molecule has 2 atom stereocenters. The quantitative estimate of drug-likeness (QED) is 0.160. The predicted molar refractivity (Wildman–Crippen MR) is 123 cm³/mol. The summed E-state index contributed by atoms with van der Waals surface area (Å²) in [6.45, 7) is 4.46. The Hall–Kier alpha value is -1.53. The molecule has 0 aliphatic rings. The summed E-state index contributed by atoms with van der Waals surface area (Å²) in [5.41, 5.74) is 0. The van der Waals surface area contributed by atoms with Crippen LogP contribution in [0.15, 0.2) is 12.2 Å². The zero-order valence-electron chi connectivity index (χ0n) is 19.8. The van der Waals surface area contributed by atoms with Crippen LogP contribution in [-0.4, -0.2) is 46.1 Å². The van der Waals surface area contributed by atoms with E-state index in [1.165, 1.54) is 44.9 Å². The Morgan fingerprint density at radius 1 is 0.710 bits per heavy atom. The van der Waals surface area contributed by atoms with Gasteiger partial charge >= 0.3 is 5.97 Å². The molecule has 31 heavy (non-hydrogen) atoms. The molecule has 0 aromatic carbocycles. The lowest BCUT2D eigenvalue weighted by Gasteiger charge is -2.24. The van der Waals surface area contributed by atoms with Crippen LogP contribution in [0.2, 0.25) is 0 Å². The second-order valence-electron chi connectivity index (χ2n) is 8.40. The van der Waals surface area contributed by atoms with Crippen molar-refractivity contribution in [2.45, 2.75) is 129 Å². The van der Waals surface area contributed by atoms with Gasteiger partial charge in [-0.3, -0.25) is 14.4 Å². The van der Waals surface area contributed by atoms with Gasteiger partial charge in [-0.1, -0.05) is 70.4 Å². The molecule has 0 amide bonds. The van der Waals surface area contributed by atoms with Crippen molar-refractivity contribution in [3.63, 3.8) is 0 Å². The number of ether oxygens (including phenoxy) is 1. The molecule has 0 heterocycles. The van der Waals surface area contributed by atoms with E-state index in [-0.39, 0.29) is 6.42 Å². The van der Waals surface area contributed by atoms with Crippen molar-refractivity contribution in [3.8, 4) is 0 Å². The third kappa shape index (κ3) is 15.9. The number of aliphatic hydroxyl groups is 2. The first-order chi connectivity index (χ1) is 14.8. The van der Waals surface area contributed by atoms with Crippen LogP contribution in [0, 0.1) is 0 Å². The van der Waals surface area contributed by atoms with Crippen molar-refractivity contribution in [1.82, 2.24) is 0 Å². The molecule has 0 aromatic heterocycles. The van der Waals surface area contributed by atoms with Gasteiger partial charge < -0.3 is 14.9 Å². The van der Waals surface area contributed by atoms with Crippen LogP contribution in [0.5, 0.6) is 0 Å². The Kier molecular flexibility index (Phi) is 18.2. The fourth-order valence-electron chi connectivity index (χ4n) is 3.32. The van der Waals surface area contributed by atoms with Crippen molar-refractivity contribution < 1.29 is 29.3 Å².